The molecule has 1 heterocycles. The molecule has 0 saturated heterocycles. The zero-order valence-corrected chi connectivity index (χ0v) is 13.8. The number of nitrogens with zero attached hydrogens (tertiary/aromatic N) is 2. The van der Waals surface area contributed by atoms with Crippen molar-refractivity contribution in [2.24, 2.45) is 0 Å². The zero-order chi connectivity index (χ0) is 17.2. The van der Waals surface area contributed by atoms with Gasteiger partial charge in [0.1, 0.15) is 5.82 Å². The van der Waals surface area contributed by atoms with Crippen LogP contribution in [0.5, 0.6) is 0 Å². The summed E-state index contributed by atoms with van der Waals surface area (Å²) in [6.07, 6.45) is 2.68. The predicted molar refractivity (Wildman–Crippen MR) is 88.8 cm³/mol. The second-order valence-electron chi connectivity index (χ2n) is 5.47. The van der Waals surface area contributed by atoms with Gasteiger partial charge >= 0.3 is 0 Å². The van der Waals surface area contributed by atoms with E-state index in [4.69, 9.17) is 4.52 Å². The van der Waals surface area contributed by atoms with E-state index in [1.165, 1.54) is 12.1 Å². The summed E-state index contributed by atoms with van der Waals surface area (Å²) < 4.78 is 18.1. The highest BCUT2D eigenvalue weighted by Crippen LogP contribution is 2.16. The van der Waals surface area contributed by atoms with E-state index in [1.807, 2.05) is 0 Å². The van der Waals surface area contributed by atoms with Gasteiger partial charge in [-0.1, -0.05) is 12.1 Å². The summed E-state index contributed by atoms with van der Waals surface area (Å²) in [5, 5.41) is 9.96. The van der Waals surface area contributed by atoms with Crippen molar-refractivity contribution < 1.29 is 13.7 Å². The van der Waals surface area contributed by atoms with Crippen molar-refractivity contribution >= 4 is 5.91 Å². The molecule has 1 aromatic carbocycles. The number of aryl methyl sites for hydroxylation is 1. The first kappa shape index (κ1) is 18.1. The first-order valence-corrected chi connectivity index (χ1v) is 8.25. The third-order valence-corrected chi connectivity index (χ3v) is 3.42. The summed E-state index contributed by atoms with van der Waals surface area (Å²) in [4.78, 5) is 15.9. The third kappa shape index (κ3) is 6.08. The molecule has 0 spiro atoms. The van der Waals surface area contributed by atoms with Crippen molar-refractivity contribution in [1.29, 1.82) is 0 Å². The molecule has 7 heteroatoms. The summed E-state index contributed by atoms with van der Waals surface area (Å²) >= 11 is 0. The SMILES string of the molecule is CCCNCCNC(=O)CCCc1nc(-c2ccc(F)cc2)no1. The number of nitrogens with one attached hydrogen (secondary N) is 2. The maximum Gasteiger partial charge on any atom is 0.226 e. The first-order valence-electron chi connectivity index (χ1n) is 8.25. The lowest BCUT2D eigenvalue weighted by molar-refractivity contribution is -0.121. The quantitative estimate of drug-likeness (QED) is 0.652. The Balaban J connectivity index is 1.68. The van der Waals surface area contributed by atoms with E-state index in [-0.39, 0.29) is 11.7 Å². The Bertz CT molecular complexity index is 628. The molecule has 2 aromatic rings. The normalized spacial score (nSPS) is 10.8. The highest BCUT2D eigenvalue weighted by Gasteiger charge is 2.09. The molecular weight excluding hydrogens is 311 g/mol. The average molecular weight is 334 g/mol. The van der Waals surface area contributed by atoms with Gasteiger partial charge in [-0.05, 0) is 43.7 Å². The fourth-order valence-electron chi connectivity index (χ4n) is 2.15. The van der Waals surface area contributed by atoms with Crippen LogP contribution >= 0.6 is 0 Å². The number of amides is 1. The standard InChI is InChI=1S/C17H23FN4O2/c1-2-10-19-11-12-20-15(23)4-3-5-16-21-17(22-24-16)13-6-8-14(18)9-7-13/h6-9,19H,2-5,10-12H2,1H3,(H,20,23). The number of hydrogen-bond donors (Lipinski definition) is 2. The van der Waals surface area contributed by atoms with Crippen LogP contribution in [0.1, 0.15) is 32.1 Å². The van der Waals surface area contributed by atoms with Crippen LogP contribution < -0.4 is 10.6 Å². The summed E-state index contributed by atoms with van der Waals surface area (Å²) in [6, 6.07) is 5.91. The number of aromatic nitrogens is 2. The summed E-state index contributed by atoms with van der Waals surface area (Å²) in [5.41, 5.74) is 0.698. The van der Waals surface area contributed by atoms with Gasteiger partial charge < -0.3 is 15.2 Å². The lowest BCUT2D eigenvalue weighted by atomic mass is 10.2. The number of hydrogen-bond acceptors (Lipinski definition) is 5. The average Bonchev–Trinajstić information content (AvgIpc) is 3.04. The molecule has 130 valence electrons. The molecule has 2 N–H and O–H groups in total. The van der Waals surface area contributed by atoms with E-state index in [1.54, 1.807) is 12.1 Å². The van der Waals surface area contributed by atoms with Gasteiger partial charge in [-0.3, -0.25) is 4.79 Å². The minimum atomic E-state index is -0.307. The second kappa shape index (κ2) is 9.77. The van der Waals surface area contributed by atoms with E-state index in [9.17, 15) is 9.18 Å². The molecule has 0 radical (unpaired) electrons. The van der Waals surface area contributed by atoms with E-state index >= 15 is 0 Å². The molecule has 6 nitrogen and oxygen atoms in total. The molecule has 2 rings (SSSR count). The lowest BCUT2D eigenvalue weighted by Crippen LogP contribution is -2.31. The zero-order valence-electron chi connectivity index (χ0n) is 13.8. The Labute approximate surface area is 140 Å². The van der Waals surface area contributed by atoms with Gasteiger partial charge in [0.2, 0.25) is 17.6 Å². The molecule has 0 aliphatic carbocycles. The topological polar surface area (TPSA) is 80.0 Å². The molecular formula is C17H23FN4O2. The minimum absolute atomic E-state index is 0.0200. The Kier molecular flexibility index (Phi) is 7.35. The van der Waals surface area contributed by atoms with Crippen molar-refractivity contribution in [3.63, 3.8) is 0 Å². The molecule has 0 unspecified atom stereocenters. The number of rotatable bonds is 10. The highest BCUT2D eigenvalue weighted by atomic mass is 19.1. The number of carbonyl (C=O) groups excluding carboxylic acids is 1. The highest BCUT2D eigenvalue weighted by molar-refractivity contribution is 5.75. The van der Waals surface area contributed by atoms with Crippen LogP contribution in [0.2, 0.25) is 0 Å². The molecule has 0 saturated carbocycles. The monoisotopic (exact) mass is 334 g/mol. The molecule has 1 amide bonds. The number of halogens is 1. The van der Waals surface area contributed by atoms with Gasteiger partial charge in [0.15, 0.2) is 0 Å². The van der Waals surface area contributed by atoms with Gasteiger partial charge in [-0.25, -0.2) is 4.39 Å². The predicted octanol–water partition coefficient (Wildman–Crippen LogP) is 2.31. The van der Waals surface area contributed by atoms with Crippen molar-refractivity contribution in [3.8, 4) is 11.4 Å². The van der Waals surface area contributed by atoms with Gasteiger partial charge in [0, 0.05) is 31.5 Å². The molecule has 0 atom stereocenters. The van der Waals surface area contributed by atoms with Crippen LogP contribution in [0.4, 0.5) is 4.39 Å². The van der Waals surface area contributed by atoms with E-state index in [0.29, 0.717) is 43.1 Å². The maximum absolute atomic E-state index is 12.9. The number of benzene rings is 1. The fourth-order valence-corrected chi connectivity index (χ4v) is 2.15. The smallest absolute Gasteiger partial charge is 0.226 e. The fraction of sp³-hybridized carbons (Fsp3) is 0.471. The van der Waals surface area contributed by atoms with E-state index in [0.717, 1.165) is 19.5 Å². The van der Waals surface area contributed by atoms with Crippen molar-refractivity contribution in [1.82, 2.24) is 20.8 Å². The van der Waals surface area contributed by atoms with Crippen molar-refractivity contribution in [2.45, 2.75) is 32.6 Å². The molecule has 0 aliphatic rings. The Morgan fingerprint density at radius 2 is 2.00 bits per heavy atom. The van der Waals surface area contributed by atoms with Crippen LogP contribution in [-0.2, 0) is 11.2 Å². The number of carbonyl (C=O) groups is 1. The van der Waals surface area contributed by atoms with Gasteiger partial charge in [-0.2, -0.15) is 4.98 Å². The third-order valence-electron chi connectivity index (χ3n) is 3.42. The lowest BCUT2D eigenvalue weighted by Gasteiger charge is -2.05. The Morgan fingerprint density at radius 3 is 2.75 bits per heavy atom. The van der Waals surface area contributed by atoms with Gasteiger partial charge in [0.05, 0.1) is 0 Å². The molecule has 24 heavy (non-hydrogen) atoms. The molecule has 0 fully saturated rings. The van der Waals surface area contributed by atoms with Gasteiger partial charge in [0.25, 0.3) is 0 Å². The van der Waals surface area contributed by atoms with Crippen molar-refractivity contribution in [3.05, 3.63) is 36.0 Å². The second-order valence-corrected chi connectivity index (χ2v) is 5.47. The van der Waals surface area contributed by atoms with Crippen LogP contribution in [0.3, 0.4) is 0 Å². The Hall–Kier alpha value is -2.28. The van der Waals surface area contributed by atoms with Crippen LogP contribution in [0, 0.1) is 5.82 Å². The summed E-state index contributed by atoms with van der Waals surface area (Å²) in [5.74, 6) is 0.619. The van der Waals surface area contributed by atoms with Crippen LogP contribution in [0.15, 0.2) is 28.8 Å². The van der Waals surface area contributed by atoms with Crippen LogP contribution in [-0.4, -0.2) is 35.7 Å². The summed E-state index contributed by atoms with van der Waals surface area (Å²) in [6.45, 7) is 4.48. The molecule has 1 aromatic heterocycles. The van der Waals surface area contributed by atoms with Crippen LogP contribution in [0.25, 0.3) is 11.4 Å². The summed E-state index contributed by atoms with van der Waals surface area (Å²) in [7, 11) is 0. The Morgan fingerprint density at radius 1 is 1.21 bits per heavy atom. The first-order chi connectivity index (χ1) is 11.7. The maximum atomic E-state index is 12.9. The van der Waals surface area contributed by atoms with E-state index in [2.05, 4.69) is 27.7 Å². The van der Waals surface area contributed by atoms with Crippen molar-refractivity contribution in [2.75, 3.05) is 19.6 Å². The minimum Gasteiger partial charge on any atom is -0.355 e. The van der Waals surface area contributed by atoms with E-state index < -0.39 is 0 Å². The van der Waals surface area contributed by atoms with Gasteiger partial charge in [-0.15, -0.1) is 0 Å². The largest absolute Gasteiger partial charge is 0.355 e. The molecule has 0 bridgehead atoms. The molecule has 0 aliphatic heterocycles.